The van der Waals surface area contributed by atoms with Crippen LogP contribution < -0.4 is 0 Å². The third-order valence-electron chi connectivity index (χ3n) is 3.68. The fraction of sp³-hybridized carbons (Fsp3) is 1.00. The van der Waals surface area contributed by atoms with Crippen molar-refractivity contribution in [3.8, 4) is 0 Å². The van der Waals surface area contributed by atoms with E-state index in [1.807, 2.05) is 0 Å². The summed E-state index contributed by atoms with van der Waals surface area (Å²) in [6.45, 7) is 9.33. The summed E-state index contributed by atoms with van der Waals surface area (Å²) in [5, 5.41) is 9.57. The van der Waals surface area contributed by atoms with Gasteiger partial charge in [-0.15, -0.1) is 0 Å². The van der Waals surface area contributed by atoms with Gasteiger partial charge in [-0.25, -0.2) is 0 Å². The summed E-state index contributed by atoms with van der Waals surface area (Å²) in [4.78, 5) is 2.62. The van der Waals surface area contributed by atoms with Gasteiger partial charge in [0.2, 0.25) is 0 Å². The van der Waals surface area contributed by atoms with Crippen LogP contribution in [0.4, 0.5) is 0 Å². The Hall–Kier alpha value is -0.0800. The van der Waals surface area contributed by atoms with Crippen molar-refractivity contribution in [1.29, 1.82) is 0 Å². The Balaban J connectivity index is 2.44. The second-order valence-electron chi connectivity index (χ2n) is 5.77. The number of rotatable bonds is 9. The second kappa shape index (κ2) is 6.61. The summed E-state index contributed by atoms with van der Waals surface area (Å²) in [5.41, 5.74) is 0.116. The van der Waals surface area contributed by atoms with E-state index in [4.69, 9.17) is 0 Å². The summed E-state index contributed by atoms with van der Waals surface area (Å²) in [6.07, 6.45) is 7.62. The number of aliphatic hydroxyl groups excluding tert-OH is 1. The van der Waals surface area contributed by atoms with Gasteiger partial charge in [0.15, 0.2) is 0 Å². The van der Waals surface area contributed by atoms with Gasteiger partial charge >= 0.3 is 0 Å². The molecule has 1 atom stereocenters. The maximum Gasteiger partial charge on any atom is 0.0497 e. The third-order valence-corrected chi connectivity index (χ3v) is 3.68. The van der Waals surface area contributed by atoms with Crippen LogP contribution in [0.15, 0.2) is 0 Å². The van der Waals surface area contributed by atoms with E-state index in [1.165, 1.54) is 38.6 Å². The van der Waals surface area contributed by atoms with Crippen LogP contribution in [0.2, 0.25) is 0 Å². The van der Waals surface area contributed by atoms with E-state index in [1.54, 1.807) is 0 Å². The monoisotopic (exact) mass is 227 g/mol. The van der Waals surface area contributed by atoms with Crippen molar-refractivity contribution in [2.24, 2.45) is 5.41 Å². The minimum Gasteiger partial charge on any atom is -0.396 e. The number of nitrogens with zero attached hydrogens (tertiary/aromatic N) is 1. The van der Waals surface area contributed by atoms with Gasteiger partial charge in [-0.1, -0.05) is 33.6 Å². The van der Waals surface area contributed by atoms with Crippen molar-refractivity contribution in [3.63, 3.8) is 0 Å². The molecule has 0 aromatic carbocycles. The number of aliphatic hydroxyl groups is 1. The zero-order chi connectivity index (χ0) is 12.0. The Labute approximate surface area is 101 Å². The molecule has 0 amide bonds. The summed E-state index contributed by atoms with van der Waals surface area (Å²) in [6, 6.07) is 0.828. The predicted octanol–water partition coefficient (Wildman–Crippen LogP) is 3.05. The molecule has 0 bridgehead atoms. The van der Waals surface area contributed by atoms with Gasteiger partial charge in [0, 0.05) is 24.6 Å². The Morgan fingerprint density at radius 3 is 2.38 bits per heavy atom. The maximum absolute atomic E-state index is 9.57. The van der Waals surface area contributed by atoms with E-state index < -0.39 is 0 Å². The first kappa shape index (κ1) is 14.0. The van der Waals surface area contributed by atoms with Gasteiger partial charge < -0.3 is 5.11 Å². The van der Waals surface area contributed by atoms with Crippen LogP contribution in [0.25, 0.3) is 0 Å². The molecule has 0 aliphatic heterocycles. The molecule has 2 nitrogen and oxygen atoms in total. The molecule has 1 saturated carbocycles. The first-order chi connectivity index (χ1) is 7.65. The lowest BCUT2D eigenvalue weighted by Crippen LogP contribution is -2.40. The average molecular weight is 227 g/mol. The lowest BCUT2D eigenvalue weighted by molar-refractivity contribution is 0.0754. The Kier molecular flexibility index (Phi) is 5.77. The van der Waals surface area contributed by atoms with Gasteiger partial charge in [0.05, 0.1) is 0 Å². The van der Waals surface area contributed by atoms with Gasteiger partial charge in [0.1, 0.15) is 0 Å². The highest BCUT2D eigenvalue weighted by Gasteiger charge is 2.33. The zero-order valence-electron chi connectivity index (χ0n) is 11.3. The summed E-state index contributed by atoms with van der Waals surface area (Å²) < 4.78 is 0. The fourth-order valence-electron chi connectivity index (χ4n) is 2.49. The molecule has 0 aromatic heterocycles. The molecule has 0 aromatic rings. The summed E-state index contributed by atoms with van der Waals surface area (Å²) >= 11 is 0. The van der Waals surface area contributed by atoms with Crippen LogP contribution >= 0.6 is 0 Å². The van der Waals surface area contributed by atoms with Crippen molar-refractivity contribution < 1.29 is 5.11 Å². The molecule has 2 heteroatoms. The van der Waals surface area contributed by atoms with Gasteiger partial charge in [-0.2, -0.15) is 0 Å². The number of hydrogen-bond acceptors (Lipinski definition) is 2. The van der Waals surface area contributed by atoms with E-state index in [0.29, 0.717) is 6.61 Å². The van der Waals surface area contributed by atoms with Crippen molar-refractivity contribution in [2.45, 2.75) is 65.3 Å². The van der Waals surface area contributed by atoms with Crippen molar-refractivity contribution in [3.05, 3.63) is 0 Å². The highest BCUT2D eigenvalue weighted by molar-refractivity contribution is 4.88. The lowest BCUT2D eigenvalue weighted by atomic mass is 9.86. The smallest absolute Gasteiger partial charge is 0.0497 e. The predicted molar refractivity (Wildman–Crippen MR) is 69.6 cm³/mol. The normalized spacial score (nSPS) is 20.1. The zero-order valence-corrected chi connectivity index (χ0v) is 11.3. The van der Waals surface area contributed by atoms with Crippen LogP contribution in [0.5, 0.6) is 0 Å². The second-order valence-corrected chi connectivity index (χ2v) is 5.77. The molecule has 96 valence electrons. The van der Waals surface area contributed by atoms with Crippen LogP contribution in [0.3, 0.4) is 0 Å². The molecule has 1 aliphatic rings. The molecule has 0 heterocycles. The van der Waals surface area contributed by atoms with E-state index in [0.717, 1.165) is 19.0 Å². The minimum atomic E-state index is 0.116. The maximum atomic E-state index is 9.57. The fourth-order valence-corrected chi connectivity index (χ4v) is 2.49. The van der Waals surface area contributed by atoms with Crippen LogP contribution in [0.1, 0.15) is 59.3 Å². The molecule has 1 aliphatic carbocycles. The quantitative estimate of drug-likeness (QED) is 0.654. The van der Waals surface area contributed by atoms with Gasteiger partial charge in [0.25, 0.3) is 0 Å². The topological polar surface area (TPSA) is 23.5 Å². The molecular formula is C14H29NO. The highest BCUT2D eigenvalue weighted by Crippen LogP contribution is 2.32. The highest BCUT2D eigenvalue weighted by atomic mass is 16.3. The van der Waals surface area contributed by atoms with Crippen LogP contribution in [-0.4, -0.2) is 35.7 Å². The van der Waals surface area contributed by atoms with Crippen molar-refractivity contribution in [1.82, 2.24) is 4.90 Å². The molecule has 1 N–H and O–H groups in total. The van der Waals surface area contributed by atoms with E-state index in [-0.39, 0.29) is 5.41 Å². The van der Waals surface area contributed by atoms with Crippen molar-refractivity contribution in [2.75, 3.05) is 19.7 Å². The van der Waals surface area contributed by atoms with E-state index >= 15 is 0 Å². The summed E-state index contributed by atoms with van der Waals surface area (Å²) in [7, 11) is 0. The molecule has 1 rings (SSSR count). The Bertz CT molecular complexity index is 191. The number of hydrogen-bond donors (Lipinski definition) is 1. The minimum absolute atomic E-state index is 0.116. The first-order valence-corrected chi connectivity index (χ1v) is 7.00. The number of unbranched alkanes of at least 4 members (excludes halogenated alkanes) is 1. The third kappa shape index (κ3) is 4.42. The molecule has 16 heavy (non-hydrogen) atoms. The molecule has 1 unspecified atom stereocenters. The molecule has 0 spiro atoms. The standard InChI is InChI=1S/C14H29NO/c1-4-6-10-15(13-7-8-13)11-14(3,12-16)9-5-2/h13,16H,4-12H2,1-3H3. The molecule has 1 fully saturated rings. The van der Waals surface area contributed by atoms with Gasteiger partial charge in [-0.3, -0.25) is 4.90 Å². The molecule has 0 saturated heterocycles. The Morgan fingerprint density at radius 2 is 1.94 bits per heavy atom. The van der Waals surface area contributed by atoms with Gasteiger partial charge in [-0.05, 0) is 32.2 Å². The average Bonchev–Trinajstić information content (AvgIpc) is 3.08. The SMILES string of the molecule is CCCCN(CC(C)(CO)CCC)C1CC1. The van der Waals surface area contributed by atoms with Crippen LogP contribution in [-0.2, 0) is 0 Å². The summed E-state index contributed by atoms with van der Waals surface area (Å²) in [5.74, 6) is 0. The van der Waals surface area contributed by atoms with Crippen molar-refractivity contribution >= 4 is 0 Å². The van der Waals surface area contributed by atoms with E-state index in [2.05, 4.69) is 25.7 Å². The molecule has 0 radical (unpaired) electrons. The largest absolute Gasteiger partial charge is 0.396 e. The molecular weight excluding hydrogens is 198 g/mol. The lowest BCUT2D eigenvalue weighted by Gasteiger charge is -2.34. The Morgan fingerprint density at radius 1 is 1.25 bits per heavy atom. The first-order valence-electron chi connectivity index (χ1n) is 7.00. The van der Waals surface area contributed by atoms with Crippen LogP contribution in [0, 0.1) is 5.41 Å². The van der Waals surface area contributed by atoms with E-state index in [9.17, 15) is 5.11 Å².